The van der Waals surface area contributed by atoms with Crippen LogP contribution in [0, 0.1) is 17.8 Å². The van der Waals surface area contributed by atoms with Crippen LogP contribution in [0.5, 0.6) is 34.5 Å². The van der Waals surface area contributed by atoms with Gasteiger partial charge >= 0.3 is 18.2 Å². The standard InChI is InChI=1S/C35H40N4O8S.C30H32N4O6S.C26H28N2O6.C9H14N2O3S/c1-6-22-19-35(22,32(41)38-48(43,44)25-13-14-25)37-31(40)29-17-24(20-39(29)33(42)47-34(2,3)4)46-30-18-27(21-10-8-7-9-11-21)36-28-16-23(45-5)12-15-26(28)30;1-3-19-16-30(19,29(36)34-41(37,38)22-10-11-22)33-28(35)26-14-21(17-31-26)40-27-15-24(18-7-5-4-6-8-18)32-25-13-20(39-2)9-12-23(25)27;1-26(2,3)34-25(31)28-15-18(13-22(28)24(29)30)33-23-14-20(16-8-6-5-7-9-16)27-21-12-17(32-4)10-11-19(21)23;1-2-6-5-9(6,10)8(12)11-15(13,14)7-3-4-7/h6-12,15-16,18,22,24-25,29H,1,13-14,17,19-20H2,2-5H3,(H,37,40)(H,38,41);3-9,12-13,15,19,21-22,26,31H,1,10-11,14,16-17H2,2H3,(H,33,35)(H,34,36);5-12,14,18,22H,13,15H2,1-4H3,(H,29,30);2,6-7H,1,3-5,10H2,(H,11,12)/t22?,24-,29+,35?;19?,21-,26+,30?;18-,22+;/m111./s1. The number of nitrogens with two attached hydrogens (primary N) is 1. The maximum absolute atomic E-state index is 14.0. The van der Waals surface area contributed by atoms with Crippen LogP contribution in [0.2, 0.25) is 0 Å². The molecule has 9 aliphatic rings. The lowest BCUT2D eigenvalue weighted by Gasteiger charge is -2.29. The zero-order valence-corrected chi connectivity index (χ0v) is 80.4. The molecule has 0 radical (unpaired) electrons. The number of benzene rings is 6. The first kappa shape index (κ1) is 99.2. The predicted octanol–water partition coefficient (Wildman–Crippen LogP) is 11.3. The van der Waals surface area contributed by atoms with E-state index in [9.17, 15) is 68.7 Å². The van der Waals surface area contributed by atoms with Crippen molar-refractivity contribution in [3.05, 3.63) is 202 Å². The number of amides is 7. The number of fused-ring (bicyclic) bond motifs is 3. The number of pyridine rings is 3. The van der Waals surface area contributed by atoms with Gasteiger partial charge in [0.05, 0.1) is 89.8 Å². The molecule has 35 nitrogen and oxygen atoms in total. The molecule has 730 valence electrons. The van der Waals surface area contributed by atoms with Crippen molar-refractivity contribution in [3.8, 4) is 68.3 Å². The zero-order chi connectivity index (χ0) is 98.9. The van der Waals surface area contributed by atoms with Crippen LogP contribution in [0.15, 0.2) is 202 Å². The summed E-state index contributed by atoms with van der Waals surface area (Å²) in [6, 6.07) is 48.6. The summed E-state index contributed by atoms with van der Waals surface area (Å²) in [7, 11) is -6.29. The van der Waals surface area contributed by atoms with Gasteiger partial charge in [0, 0.05) is 113 Å². The Bertz CT molecular complexity index is 6600. The average Bonchev–Trinajstić information content (AvgIpc) is 1.58. The number of sulfonamides is 3. The molecule has 9 aromatic rings. The lowest BCUT2D eigenvalue weighted by atomic mass is 10.1. The van der Waals surface area contributed by atoms with Crippen LogP contribution in [-0.4, -0.2) is 224 Å². The van der Waals surface area contributed by atoms with Gasteiger partial charge in [0.2, 0.25) is 41.9 Å². The Morgan fingerprint density at radius 2 is 0.790 bits per heavy atom. The van der Waals surface area contributed by atoms with E-state index < -0.39 is 152 Å². The Morgan fingerprint density at radius 1 is 0.449 bits per heavy atom. The molecule has 3 aromatic heterocycles. The van der Waals surface area contributed by atoms with E-state index in [2.05, 4.69) is 45.1 Å². The number of aliphatic carboxylic acids is 1. The van der Waals surface area contributed by atoms with Crippen molar-refractivity contribution in [3.63, 3.8) is 0 Å². The summed E-state index contributed by atoms with van der Waals surface area (Å²) in [6.45, 7) is 22.0. The SMILES string of the molecule is C=CC1CC1(N)C(=O)NS(=O)(=O)C1CC1.C=CC1CC1(NC(=O)[C@@H]1C[C@@H](Oc2cc(-c3ccccc3)nc3cc(OC)ccc23)CN1)C(=O)NS(=O)(=O)C1CC1.C=CC1CC1(NC(=O)[C@@H]1C[C@@H](Oc2cc(-c3ccccc3)nc3cc(OC)ccc23)CN1C(=O)OC(C)(C)C)C(=O)NS(=O)(=O)C1CC1.COc1ccc2c(O[C@@H]3C[C@@H](C(=O)O)N(C(=O)OC(C)(C)C)C3)cc(-c3ccccc3)nc2c1. The Labute approximate surface area is 800 Å². The van der Waals surface area contributed by atoms with Gasteiger partial charge in [-0.1, -0.05) is 109 Å². The molecule has 6 heterocycles. The lowest BCUT2D eigenvalue weighted by molar-refractivity contribution is -0.142. The highest BCUT2D eigenvalue weighted by Crippen LogP contribution is 2.49. The topological polar surface area (TPSA) is 476 Å². The Morgan fingerprint density at radius 3 is 1.12 bits per heavy atom. The number of hydrogen-bond acceptors (Lipinski definition) is 27. The number of carbonyl (C=O) groups is 8. The number of nitrogens with zero attached hydrogens (tertiary/aromatic N) is 5. The predicted molar refractivity (Wildman–Crippen MR) is 515 cm³/mol. The summed E-state index contributed by atoms with van der Waals surface area (Å²) in [6.07, 6.45) is 6.66. The maximum atomic E-state index is 14.0. The number of carboxylic acids is 1. The molecule has 0 bridgehead atoms. The summed E-state index contributed by atoms with van der Waals surface area (Å²) in [4.78, 5) is 120. The molecule has 0 spiro atoms. The fourth-order valence-electron chi connectivity index (χ4n) is 16.9. The van der Waals surface area contributed by atoms with Gasteiger partial charge in [0.25, 0.3) is 17.7 Å². The lowest BCUT2D eigenvalue weighted by Crippen LogP contribution is -2.56. The maximum Gasteiger partial charge on any atom is 0.411 e. The van der Waals surface area contributed by atoms with Crippen molar-refractivity contribution < 1.29 is 107 Å². The molecule has 7 amide bonds. The summed E-state index contributed by atoms with van der Waals surface area (Å²) in [5, 5.41) is 19.2. The number of carboxylic acid groups (broad SMARTS) is 1. The number of methoxy groups -OCH3 is 3. The van der Waals surface area contributed by atoms with Gasteiger partial charge in [-0.2, -0.15) is 0 Å². The van der Waals surface area contributed by atoms with Gasteiger partial charge < -0.3 is 64.7 Å². The Hall–Kier alpha value is -13.3. The van der Waals surface area contributed by atoms with E-state index in [0.29, 0.717) is 127 Å². The Kier molecular flexibility index (Phi) is 28.5. The fraction of sp³-hybridized carbons (Fsp3) is 0.410. The minimum absolute atomic E-state index is 0.0216. The normalized spacial score (nSPS) is 24.0. The molecule has 18 rings (SSSR count). The number of hydrogen-bond donors (Lipinski definition) is 8. The largest absolute Gasteiger partial charge is 0.497 e. The van der Waals surface area contributed by atoms with Gasteiger partial charge in [0.1, 0.15) is 92.7 Å². The quantitative estimate of drug-likeness (QED) is 0.0202. The van der Waals surface area contributed by atoms with Crippen LogP contribution < -0.4 is 64.3 Å². The highest BCUT2D eigenvalue weighted by molar-refractivity contribution is 7.91. The van der Waals surface area contributed by atoms with Crippen LogP contribution in [0.4, 0.5) is 9.59 Å². The number of nitrogens with one attached hydrogen (secondary N) is 6. The molecular weight excluding hydrogens is 1830 g/mol. The van der Waals surface area contributed by atoms with Gasteiger partial charge in [-0.05, 0) is 136 Å². The second-order valence-corrected chi connectivity index (χ2v) is 43.8. The second-order valence-electron chi connectivity index (χ2n) is 37.9. The molecule has 6 unspecified atom stereocenters. The molecule has 9 N–H and O–H groups in total. The van der Waals surface area contributed by atoms with Gasteiger partial charge in [0.15, 0.2) is 0 Å². The van der Waals surface area contributed by atoms with E-state index >= 15 is 0 Å². The third-order valence-electron chi connectivity index (χ3n) is 25.3. The molecule has 3 aliphatic heterocycles. The fourth-order valence-corrected chi connectivity index (χ4v) is 21.0. The third kappa shape index (κ3) is 22.9. The summed E-state index contributed by atoms with van der Waals surface area (Å²) in [5.74, 6) is -1.45. The van der Waals surface area contributed by atoms with E-state index in [1.807, 2.05) is 162 Å². The van der Waals surface area contributed by atoms with Gasteiger partial charge in [-0.3, -0.25) is 47.9 Å². The molecule has 6 aromatic carbocycles. The summed E-state index contributed by atoms with van der Waals surface area (Å²) < 4.78 is 126. The molecule has 3 saturated heterocycles. The molecular formula is C100H114N12O23S3. The average molecular weight is 1950 g/mol. The van der Waals surface area contributed by atoms with E-state index in [1.165, 1.54) is 15.9 Å². The monoisotopic (exact) mass is 1950 g/mol. The van der Waals surface area contributed by atoms with E-state index in [4.69, 9.17) is 58.6 Å². The number of likely N-dealkylation sites (tertiary alicyclic amines) is 2. The number of ether oxygens (including phenoxy) is 8. The molecule has 9 fully saturated rings. The minimum atomic E-state index is -3.85. The first-order valence-corrected chi connectivity index (χ1v) is 50.2. The van der Waals surface area contributed by atoms with Crippen LogP contribution in [-0.2, 0) is 68.3 Å². The van der Waals surface area contributed by atoms with Crippen LogP contribution in [0.1, 0.15) is 119 Å². The van der Waals surface area contributed by atoms with Crippen molar-refractivity contribution in [1.82, 2.24) is 54.9 Å². The molecule has 6 aliphatic carbocycles. The summed E-state index contributed by atoms with van der Waals surface area (Å²) >= 11 is 0. The van der Waals surface area contributed by atoms with Crippen LogP contribution >= 0.6 is 0 Å². The first-order valence-electron chi connectivity index (χ1n) is 45.6. The van der Waals surface area contributed by atoms with Crippen LogP contribution in [0.25, 0.3) is 66.5 Å². The molecule has 38 heteroatoms. The van der Waals surface area contributed by atoms with Crippen LogP contribution in [0.3, 0.4) is 0 Å². The molecule has 12 atom stereocenters. The van der Waals surface area contributed by atoms with E-state index in [-0.39, 0.29) is 56.2 Å². The number of aromatic nitrogens is 3. The van der Waals surface area contributed by atoms with E-state index in [1.54, 1.807) is 81.1 Å². The highest BCUT2D eigenvalue weighted by Gasteiger charge is 2.64. The second kappa shape index (κ2) is 39.7. The zero-order valence-electron chi connectivity index (χ0n) is 77.9. The van der Waals surface area contributed by atoms with Crippen molar-refractivity contribution in [2.45, 2.75) is 199 Å². The first-order chi connectivity index (χ1) is 65.5. The van der Waals surface area contributed by atoms with Gasteiger partial charge in [-0.25, -0.2) is 54.6 Å². The van der Waals surface area contributed by atoms with E-state index in [0.717, 1.165) is 38.7 Å². The molecule has 138 heavy (non-hydrogen) atoms. The van der Waals surface area contributed by atoms with Crippen molar-refractivity contribution >= 4 is 110 Å². The third-order valence-corrected chi connectivity index (χ3v) is 30.7. The summed E-state index contributed by atoms with van der Waals surface area (Å²) in [5.41, 5.74) is 7.21. The Balaban J connectivity index is 0.000000147. The number of carbonyl (C=O) groups excluding carboxylic acids is 7. The minimum Gasteiger partial charge on any atom is -0.497 e. The highest BCUT2D eigenvalue weighted by atomic mass is 32.2. The van der Waals surface area contributed by atoms with Crippen molar-refractivity contribution in [2.24, 2.45) is 23.5 Å². The van der Waals surface area contributed by atoms with Gasteiger partial charge in [-0.15, -0.1) is 19.7 Å². The smallest absolute Gasteiger partial charge is 0.411 e. The van der Waals surface area contributed by atoms with Crippen molar-refractivity contribution in [2.75, 3.05) is 41.0 Å². The molecule has 6 saturated carbocycles. The number of rotatable bonds is 29. The van der Waals surface area contributed by atoms with Crippen molar-refractivity contribution in [1.29, 1.82) is 0 Å².